The second-order valence-corrected chi connectivity index (χ2v) is 8.15. The maximum Gasteiger partial charge on any atom is 0.431 e. The Balaban J connectivity index is 2.24. The van der Waals surface area contributed by atoms with E-state index in [1.54, 1.807) is 17.8 Å². The molecule has 1 aliphatic heterocycles. The van der Waals surface area contributed by atoms with Gasteiger partial charge in [0.2, 0.25) is 0 Å². The Bertz CT molecular complexity index is 1000. The Kier molecular flexibility index (Phi) is 5.91. The van der Waals surface area contributed by atoms with Gasteiger partial charge in [-0.15, -0.1) is 11.8 Å². The highest BCUT2D eigenvalue weighted by molar-refractivity contribution is 7.99. The summed E-state index contributed by atoms with van der Waals surface area (Å²) in [6, 6.07) is 4.47. The van der Waals surface area contributed by atoms with Gasteiger partial charge in [-0.1, -0.05) is 25.4 Å². The predicted octanol–water partition coefficient (Wildman–Crippen LogP) is 5.36. The molecule has 1 aliphatic rings. The molecular weight excluding hydrogens is 411 g/mol. The van der Waals surface area contributed by atoms with Gasteiger partial charge in [-0.2, -0.15) is 13.2 Å². The first kappa shape index (κ1) is 20.9. The van der Waals surface area contributed by atoms with Crippen molar-refractivity contribution < 1.29 is 13.2 Å². The average Bonchev–Trinajstić information content (AvgIpc) is 2.62. The minimum atomic E-state index is -4.64. The lowest BCUT2D eigenvalue weighted by Gasteiger charge is -2.25. The summed E-state index contributed by atoms with van der Waals surface area (Å²) in [5.41, 5.74) is -0.150. The summed E-state index contributed by atoms with van der Waals surface area (Å²) in [7, 11) is 0. The Hall–Kier alpha value is -1.80. The molecule has 3 rings (SSSR count). The molecule has 0 fully saturated rings. The molecular formula is C19H19ClF3N3OS. The minimum absolute atomic E-state index is 0.0565. The molecule has 150 valence electrons. The fourth-order valence-corrected chi connectivity index (χ4v) is 4.23. The summed E-state index contributed by atoms with van der Waals surface area (Å²) in [6.45, 7) is 5.35. The van der Waals surface area contributed by atoms with Gasteiger partial charge in [0.25, 0.3) is 5.56 Å². The van der Waals surface area contributed by atoms with Gasteiger partial charge < -0.3 is 4.57 Å². The van der Waals surface area contributed by atoms with E-state index in [0.29, 0.717) is 23.4 Å². The molecule has 0 amide bonds. The average molecular weight is 430 g/mol. The lowest BCUT2D eigenvalue weighted by molar-refractivity contribution is -0.144. The smallest absolute Gasteiger partial charge is 0.304 e. The van der Waals surface area contributed by atoms with E-state index >= 15 is 0 Å². The van der Waals surface area contributed by atoms with Crippen molar-refractivity contribution in [1.29, 1.82) is 0 Å². The molecule has 4 nitrogen and oxygen atoms in total. The molecule has 0 spiro atoms. The molecule has 9 heteroatoms. The molecule has 3 heterocycles. The monoisotopic (exact) mass is 429 g/mol. The van der Waals surface area contributed by atoms with Crippen LogP contribution in [0.1, 0.15) is 37.7 Å². The van der Waals surface area contributed by atoms with Crippen LogP contribution in [-0.2, 0) is 19.1 Å². The van der Waals surface area contributed by atoms with Crippen LogP contribution < -0.4 is 5.56 Å². The molecule has 0 saturated heterocycles. The van der Waals surface area contributed by atoms with Crippen LogP contribution in [0.15, 0.2) is 32.9 Å². The minimum Gasteiger partial charge on any atom is -0.304 e. The number of nitrogens with zero attached hydrogens (tertiary/aromatic N) is 3. The number of halogens is 4. The third-order valence-electron chi connectivity index (χ3n) is 4.57. The maximum absolute atomic E-state index is 13.5. The molecule has 28 heavy (non-hydrogen) atoms. The van der Waals surface area contributed by atoms with E-state index in [1.807, 2.05) is 19.9 Å². The lowest BCUT2D eigenvalue weighted by atomic mass is 9.90. The number of aromatic nitrogens is 2. The van der Waals surface area contributed by atoms with Crippen molar-refractivity contribution in [2.75, 3.05) is 5.75 Å². The van der Waals surface area contributed by atoms with Crippen LogP contribution in [0.4, 0.5) is 18.9 Å². The zero-order valence-electron chi connectivity index (χ0n) is 15.6. The van der Waals surface area contributed by atoms with E-state index in [2.05, 4.69) is 9.98 Å². The summed E-state index contributed by atoms with van der Waals surface area (Å²) in [4.78, 5) is 22.4. The number of thioether (sulfide) groups is 1. The van der Waals surface area contributed by atoms with Gasteiger partial charge in [0.15, 0.2) is 0 Å². The van der Waals surface area contributed by atoms with Gasteiger partial charge in [0.05, 0.1) is 11.4 Å². The molecule has 0 bridgehead atoms. The van der Waals surface area contributed by atoms with Gasteiger partial charge >= 0.3 is 6.18 Å². The van der Waals surface area contributed by atoms with Crippen LogP contribution in [0.5, 0.6) is 0 Å². The summed E-state index contributed by atoms with van der Waals surface area (Å²) in [6.07, 6.45) is -4.34. The van der Waals surface area contributed by atoms with Crippen molar-refractivity contribution in [2.45, 2.75) is 44.8 Å². The van der Waals surface area contributed by atoms with Crippen molar-refractivity contribution in [2.24, 2.45) is 10.9 Å². The predicted molar refractivity (Wildman–Crippen MR) is 106 cm³/mol. The molecule has 1 unspecified atom stereocenters. The van der Waals surface area contributed by atoms with Crippen molar-refractivity contribution in [3.63, 3.8) is 0 Å². The number of rotatable bonds is 4. The number of aliphatic imine (C=N–C) groups is 1. The van der Waals surface area contributed by atoms with Gasteiger partial charge in [0, 0.05) is 22.9 Å². The third kappa shape index (κ3) is 3.85. The normalized spacial score (nSPS) is 16.7. The topological polar surface area (TPSA) is 47.2 Å². The SMILES string of the molecule is CCSc1ccc(Cl)nc1C1=Nc2cc(C(F)(F)F)n(CC)c(=O)c2CC1C. The van der Waals surface area contributed by atoms with Crippen LogP contribution >= 0.6 is 23.4 Å². The van der Waals surface area contributed by atoms with Gasteiger partial charge in [-0.3, -0.25) is 9.79 Å². The van der Waals surface area contributed by atoms with E-state index < -0.39 is 17.4 Å². The molecule has 0 aromatic carbocycles. The molecule has 1 atom stereocenters. The van der Waals surface area contributed by atoms with Gasteiger partial charge in [-0.05, 0) is 37.3 Å². The number of pyridine rings is 2. The van der Waals surface area contributed by atoms with Crippen molar-refractivity contribution >= 4 is 34.8 Å². The van der Waals surface area contributed by atoms with Crippen LogP contribution in [-0.4, -0.2) is 21.0 Å². The Morgan fingerprint density at radius 3 is 2.64 bits per heavy atom. The summed E-state index contributed by atoms with van der Waals surface area (Å²) in [5, 5.41) is 0.286. The third-order valence-corrected chi connectivity index (χ3v) is 5.71. The fraction of sp³-hybridized carbons (Fsp3) is 0.421. The summed E-state index contributed by atoms with van der Waals surface area (Å²) >= 11 is 7.61. The molecule has 2 aromatic heterocycles. The fourth-order valence-electron chi connectivity index (χ4n) is 3.32. The van der Waals surface area contributed by atoms with Crippen molar-refractivity contribution in [3.05, 3.63) is 50.7 Å². The van der Waals surface area contributed by atoms with Crippen LogP contribution in [0.3, 0.4) is 0 Å². The quantitative estimate of drug-likeness (QED) is 0.485. The zero-order valence-corrected chi connectivity index (χ0v) is 17.2. The van der Waals surface area contributed by atoms with E-state index in [-0.39, 0.29) is 23.3 Å². The number of fused-ring (bicyclic) bond motifs is 1. The summed E-state index contributed by atoms with van der Waals surface area (Å²) in [5.74, 6) is 0.623. The number of alkyl halides is 3. The highest BCUT2D eigenvalue weighted by Gasteiger charge is 2.37. The number of hydrogen-bond acceptors (Lipinski definition) is 4. The first-order chi connectivity index (χ1) is 13.2. The second kappa shape index (κ2) is 7.91. The first-order valence-electron chi connectivity index (χ1n) is 8.89. The maximum atomic E-state index is 13.5. The number of hydrogen-bond donors (Lipinski definition) is 0. The molecule has 0 N–H and O–H groups in total. The molecule has 0 aliphatic carbocycles. The van der Waals surface area contributed by atoms with Crippen LogP contribution in [0.25, 0.3) is 0 Å². The van der Waals surface area contributed by atoms with Gasteiger partial charge in [-0.25, -0.2) is 4.98 Å². The van der Waals surface area contributed by atoms with E-state index in [4.69, 9.17) is 11.6 Å². The highest BCUT2D eigenvalue weighted by Crippen LogP contribution is 2.36. The Labute approximate surface area is 169 Å². The molecule has 0 radical (unpaired) electrons. The Morgan fingerprint density at radius 1 is 1.32 bits per heavy atom. The van der Waals surface area contributed by atoms with Crippen molar-refractivity contribution in [1.82, 2.24) is 9.55 Å². The standard InChI is InChI=1S/C19H19ClF3N3OS/c1-4-26-14(19(21,22)23)9-12-11(18(26)27)8-10(3)16(24-12)17-13(28-5-2)6-7-15(20)25-17/h6-7,9-10H,4-5,8H2,1-3H3. The Morgan fingerprint density at radius 2 is 2.04 bits per heavy atom. The molecule has 0 saturated carbocycles. The van der Waals surface area contributed by atoms with Crippen LogP contribution in [0.2, 0.25) is 5.15 Å². The largest absolute Gasteiger partial charge is 0.431 e. The lowest BCUT2D eigenvalue weighted by Crippen LogP contribution is -2.33. The van der Waals surface area contributed by atoms with E-state index in [1.165, 1.54) is 6.92 Å². The second-order valence-electron chi connectivity index (χ2n) is 6.46. The van der Waals surface area contributed by atoms with Crippen LogP contribution in [0, 0.1) is 5.92 Å². The van der Waals surface area contributed by atoms with Crippen molar-refractivity contribution in [3.8, 4) is 0 Å². The highest BCUT2D eigenvalue weighted by atomic mass is 35.5. The van der Waals surface area contributed by atoms with Gasteiger partial charge in [0.1, 0.15) is 16.5 Å². The zero-order chi connectivity index (χ0) is 20.6. The molecule has 2 aromatic rings. The van der Waals surface area contributed by atoms with E-state index in [0.717, 1.165) is 21.3 Å². The summed E-state index contributed by atoms with van der Waals surface area (Å²) < 4.78 is 41.1. The first-order valence-corrected chi connectivity index (χ1v) is 10.3. The van der Waals surface area contributed by atoms with E-state index in [9.17, 15) is 18.0 Å².